The van der Waals surface area contributed by atoms with E-state index in [0.717, 1.165) is 25.7 Å². The van der Waals surface area contributed by atoms with Crippen molar-refractivity contribution in [2.24, 2.45) is 5.11 Å². The van der Waals surface area contributed by atoms with Crippen LogP contribution in [-0.2, 0) is 4.65 Å². The standard InChI is InChI=1S/C13H26BN3O2/c1-5-8-12(9-6-7-10-16-17-15)14-19-11(2)13(3,4)18/h9,11,14,18H,5-8,10H2,1-4H3/b12-9+. The van der Waals surface area contributed by atoms with E-state index in [1.165, 1.54) is 5.47 Å². The van der Waals surface area contributed by atoms with Gasteiger partial charge in [0.2, 0.25) is 0 Å². The number of hydrogen-bond acceptors (Lipinski definition) is 3. The topological polar surface area (TPSA) is 78.2 Å². The summed E-state index contributed by atoms with van der Waals surface area (Å²) in [5.74, 6) is 0. The second-order valence-electron chi connectivity index (χ2n) is 5.32. The minimum absolute atomic E-state index is 0.198. The van der Waals surface area contributed by atoms with Gasteiger partial charge in [-0.05, 0) is 45.6 Å². The summed E-state index contributed by atoms with van der Waals surface area (Å²) in [5.41, 5.74) is 8.61. The Labute approximate surface area is 116 Å². The van der Waals surface area contributed by atoms with Gasteiger partial charge < -0.3 is 9.76 Å². The molecular weight excluding hydrogens is 241 g/mol. The Morgan fingerprint density at radius 2 is 2.26 bits per heavy atom. The highest BCUT2D eigenvalue weighted by Gasteiger charge is 2.22. The van der Waals surface area contributed by atoms with Crippen LogP contribution in [0.3, 0.4) is 0 Å². The van der Waals surface area contributed by atoms with Gasteiger partial charge in [0.15, 0.2) is 0 Å². The van der Waals surface area contributed by atoms with Crippen LogP contribution in [0.2, 0.25) is 0 Å². The normalized spacial score (nSPS) is 13.8. The van der Waals surface area contributed by atoms with Crippen molar-refractivity contribution in [1.29, 1.82) is 0 Å². The highest BCUT2D eigenvalue weighted by atomic mass is 16.5. The van der Waals surface area contributed by atoms with Crippen molar-refractivity contribution in [3.8, 4) is 0 Å². The third-order valence-corrected chi connectivity index (χ3v) is 3.04. The first-order valence-electron chi connectivity index (χ1n) is 6.94. The summed E-state index contributed by atoms with van der Waals surface area (Å²) in [6.07, 6.45) is 5.79. The Morgan fingerprint density at radius 1 is 1.58 bits per heavy atom. The number of aliphatic hydroxyl groups is 1. The number of rotatable bonds is 10. The molecule has 0 aromatic heterocycles. The summed E-state index contributed by atoms with van der Waals surface area (Å²) in [5, 5.41) is 13.3. The lowest BCUT2D eigenvalue weighted by molar-refractivity contribution is -0.0227. The second kappa shape index (κ2) is 9.90. The highest BCUT2D eigenvalue weighted by molar-refractivity contribution is 6.38. The van der Waals surface area contributed by atoms with Crippen molar-refractivity contribution in [3.63, 3.8) is 0 Å². The molecule has 0 heterocycles. The van der Waals surface area contributed by atoms with Gasteiger partial charge in [-0.2, -0.15) is 0 Å². The molecule has 0 aromatic carbocycles. The zero-order valence-electron chi connectivity index (χ0n) is 12.6. The van der Waals surface area contributed by atoms with Crippen LogP contribution in [0.15, 0.2) is 16.7 Å². The fourth-order valence-electron chi connectivity index (χ4n) is 1.50. The van der Waals surface area contributed by atoms with Crippen LogP contribution in [0.4, 0.5) is 0 Å². The van der Waals surface area contributed by atoms with E-state index < -0.39 is 5.60 Å². The van der Waals surface area contributed by atoms with Crippen LogP contribution in [0, 0.1) is 0 Å². The predicted octanol–water partition coefficient (Wildman–Crippen LogP) is 3.29. The first-order valence-corrected chi connectivity index (χ1v) is 6.94. The Hall–Kier alpha value is -0.965. The second-order valence-corrected chi connectivity index (χ2v) is 5.32. The van der Waals surface area contributed by atoms with Gasteiger partial charge in [-0.1, -0.05) is 30.0 Å². The SMILES string of the molecule is CCC/C(BOC(C)C(C)(C)O)=C\CCCN=[N+]=[N-]. The highest BCUT2D eigenvalue weighted by Crippen LogP contribution is 2.14. The average molecular weight is 267 g/mol. The van der Waals surface area contributed by atoms with Gasteiger partial charge in [0, 0.05) is 11.5 Å². The van der Waals surface area contributed by atoms with Gasteiger partial charge in [0.25, 0.3) is 0 Å². The van der Waals surface area contributed by atoms with Crippen LogP contribution in [-0.4, -0.2) is 30.8 Å². The Morgan fingerprint density at radius 3 is 2.79 bits per heavy atom. The maximum atomic E-state index is 9.81. The fourth-order valence-corrected chi connectivity index (χ4v) is 1.50. The molecule has 0 amide bonds. The summed E-state index contributed by atoms with van der Waals surface area (Å²) in [6.45, 7) is 8.05. The van der Waals surface area contributed by atoms with Crippen LogP contribution in [0.1, 0.15) is 53.4 Å². The van der Waals surface area contributed by atoms with E-state index in [2.05, 4.69) is 23.0 Å². The van der Waals surface area contributed by atoms with E-state index in [1.54, 1.807) is 13.8 Å². The molecule has 1 N–H and O–H groups in total. The van der Waals surface area contributed by atoms with Gasteiger partial charge in [-0.3, -0.25) is 0 Å². The van der Waals surface area contributed by atoms with Gasteiger partial charge in [0.1, 0.15) is 0 Å². The Bertz CT molecular complexity index is 320. The van der Waals surface area contributed by atoms with E-state index in [4.69, 9.17) is 10.2 Å². The van der Waals surface area contributed by atoms with E-state index in [0.29, 0.717) is 14.0 Å². The molecule has 5 nitrogen and oxygen atoms in total. The van der Waals surface area contributed by atoms with Crippen LogP contribution < -0.4 is 0 Å². The lowest BCUT2D eigenvalue weighted by Crippen LogP contribution is -2.36. The molecule has 0 aliphatic carbocycles. The Kier molecular flexibility index (Phi) is 9.40. The molecule has 108 valence electrons. The molecule has 1 atom stereocenters. The Balaban J connectivity index is 4.17. The zero-order valence-corrected chi connectivity index (χ0v) is 12.6. The number of hydrogen-bond donors (Lipinski definition) is 1. The minimum atomic E-state index is -0.821. The molecule has 0 saturated heterocycles. The third kappa shape index (κ3) is 9.59. The molecule has 0 spiro atoms. The molecule has 0 aliphatic rings. The molecule has 19 heavy (non-hydrogen) atoms. The van der Waals surface area contributed by atoms with Gasteiger partial charge in [0.05, 0.1) is 11.7 Å². The van der Waals surface area contributed by atoms with Crippen molar-refractivity contribution in [3.05, 3.63) is 22.0 Å². The molecule has 0 aliphatic heterocycles. The van der Waals surface area contributed by atoms with E-state index >= 15 is 0 Å². The molecule has 0 rings (SSSR count). The first kappa shape index (κ1) is 18.0. The largest absolute Gasteiger partial charge is 0.429 e. The number of unbranched alkanes of at least 4 members (excludes halogenated alkanes) is 1. The molecule has 0 bridgehead atoms. The summed E-state index contributed by atoms with van der Waals surface area (Å²) in [4.78, 5) is 2.73. The average Bonchev–Trinajstić information content (AvgIpc) is 2.33. The molecule has 0 fully saturated rings. The van der Waals surface area contributed by atoms with E-state index in [-0.39, 0.29) is 6.10 Å². The van der Waals surface area contributed by atoms with Crippen molar-refractivity contribution in [2.45, 2.75) is 65.1 Å². The van der Waals surface area contributed by atoms with Crippen molar-refractivity contribution >= 4 is 7.48 Å². The fraction of sp³-hybridized carbons (Fsp3) is 0.846. The van der Waals surface area contributed by atoms with E-state index in [1.807, 2.05) is 6.92 Å². The molecule has 0 radical (unpaired) electrons. The third-order valence-electron chi connectivity index (χ3n) is 3.04. The summed E-state index contributed by atoms with van der Waals surface area (Å²) >= 11 is 0. The molecule has 0 aromatic rings. The number of allylic oxidation sites excluding steroid dienone is 2. The van der Waals surface area contributed by atoms with E-state index in [9.17, 15) is 5.11 Å². The molecule has 6 heteroatoms. The van der Waals surface area contributed by atoms with Crippen molar-refractivity contribution in [2.75, 3.05) is 6.54 Å². The molecule has 0 saturated carbocycles. The van der Waals surface area contributed by atoms with Gasteiger partial charge >= 0.3 is 7.48 Å². The van der Waals surface area contributed by atoms with Gasteiger partial charge in [-0.15, -0.1) is 0 Å². The van der Waals surface area contributed by atoms with Crippen molar-refractivity contribution in [1.82, 2.24) is 0 Å². The summed E-state index contributed by atoms with van der Waals surface area (Å²) in [7, 11) is 0.556. The quantitative estimate of drug-likeness (QED) is 0.217. The van der Waals surface area contributed by atoms with Crippen LogP contribution in [0.25, 0.3) is 10.4 Å². The van der Waals surface area contributed by atoms with Crippen molar-refractivity contribution < 1.29 is 9.76 Å². The monoisotopic (exact) mass is 267 g/mol. The number of azide groups is 1. The maximum Gasteiger partial charge on any atom is 0.304 e. The smallest absolute Gasteiger partial charge is 0.304 e. The zero-order chi connectivity index (χ0) is 14.7. The first-order chi connectivity index (χ1) is 8.91. The number of nitrogens with zero attached hydrogens (tertiary/aromatic N) is 3. The predicted molar refractivity (Wildman–Crippen MR) is 80.2 cm³/mol. The summed E-state index contributed by atoms with van der Waals surface area (Å²) in [6, 6.07) is 0. The lowest BCUT2D eigenvalue weighted by Gasteiger charge is -2.26. The van der Waals surface area contributed by atoms with Crippen LogP contribution in [0.5, 0.6) is 0 Å². The van der Waals surface area contributed by atoms with Gasteiger partial charge in [-0.25, -0.2) is 0 Å². The lowest BCUT2D eigenvalue weighted by atomic mass is 9.82. The molecular formula is C13H26BN3O2. The molecule has 1 unspecified atom stereocenters. The van der Waals surface area contributed by atoms with Crippen LogP contribution >= 0.6 is 0 Å². The summed E-state index contributed by atoms with van der Waals surface area (Å²) < 4.78 is 5.70. The maximum absolute atomic E-state index is 9.81. The minimum Gasteiger partial charge on any atom is -0.429 e.